The zero-order valence-corrected chi connectivity index (χ0v) is 17.8. The Bertz CT molecular complexity index is 1170. The lowest BCUT2D eigenvalue weighted by atomic mass is 9.90. The molecule has 1 N–H and O–H groups in total. The third kappa shape index (κ3) is 4.11. The van der Waals surface area contributed by atoms with Gasteiger partial charge < -0.3 is 19.2 Å². The Morgan fingerprint density at radius 1 is 1.16 bits per heavy atom. The second-order valence-corrected chi connectivity index (χ2v) is 7.45. The van der Waals surface area contributed by atoms with Gasteiger partial charge in [-0.3, -0.25) is 14.5 Å². The second-order valence-electron chi connectivity index (χ2n) is 7.45. The van der Waals surface area contributed by atoms with Gasteiger partial charge in [-0.25, -0.2) is 4.98 Å². The number of hydrogen-bond acceptors (Lipinski definition) is 7. The predicted octanol–water partition coefficient (Wildman–Crippen LogP) is 2.60. The number of aromatic nitrogens is 2. The first kappa shape index (κ1) is 20.9. The van der Waals surface area contributed by atoms with Crippen LogP contribution in [0.15, 0.2) is 41.2 Å². The quantitative estimate of drug-likeness (QED) is 0.609. The first-order valence-corrected chi connectivity index (χ1v) is 10.1. The highest BCUT2D eigenvalue weighted by Gasteiger charge is 2.31. The molecule has 2 aromatic carbocycles. The minimum atomic E-state index is -0.308. The average molecular weight is 423 g/mol. The first-order chi connectivity index (χ1) is 15.0. The van der Waals surface area contributed by atoms with Gasteiger partial charge in [-0.05, 0) is 41.8 Å². The molecule has 1 aliphatic rings. The molecule has 1 atom stereocenters. The normalized spacial score (nSPS) is 16.0. The highest BCUT2D eigenvalue weighted by atomic mass is 16.5. The summed E-state index contributed by atoms with van der Waals surface area (Å²) < 4.78 is 15.9. The number of benzene rings is 2. The SMILES string of the molecule is COC(=O)C[C@@H]1c2cc(OC)c(OC)cc2CCN1Cc1nc2ccccc2c(=O)[nH]1. The van der Waals surface area contributed by atoms with Crippen molar-refractivity contribution < 1.29 is 19.0 Å². The number of esters is 1. The van der Waals surface area contributed by atoms with Gasteiger partial charge in [0.15, 0.2) is 11.5 Å². The molecule has 8 heteroatoms. The van der Waals surface area contributed by atoms with Gasteiger partial charge in [0.05, 0.1) is 45.2 Å². The fourth-order valence-corrected chi connectivity index (χ4v) is 4.15. The first-order valence-electron chi connectivity index (χ1n) is 10.1. The fraction of sp³-hybridized carbons (Fsp3) is 0.348. The Morgan fingerprint density at radius 2 is 1.90 bits per heavy atom. The number of hydrogen-bond donors (Lipinski definition) is 1. The lowest BCUT2D eigenvalue weighted by molar-refractivity contribution is -0.142. The summed E-state index contributed by atoms with van der Waals surface area (Å²) in [7, 11) is 4.57. The number of nitrogens with zero attached hydrogens (tertiary/aromatic N) is 2. The van der Waals surface area contributed by atoms with Crippen molar-refractivity contribution in [3.63, 3.8) is 0 Å². The molecule has 0 fully saturated rings. The van der Waals surface area contributed by atoms with Crippen LogP contribution < -0.4 is 15.0 Å². The largest absolute Gasteiger partial charge is 0.493 e. The van der Waals surface area contributed by atoms with E-state index in [1.807, 2.05) is 30.3 Å². The van der Waals surface area contributed by atoms with Gasteiger partial charge in [0.1, 0.15) is 5.82 Å². The highest BCUT2D eigenvalue weighted by Crippen LogP contribution is 2.40. The van der Waals surface area contributed by atoms with E-state index in [0.29, 0.717) is 41.3 Å². The van der Waals surface area contributed by atoms with Gasteiger partial charge in [-0.1, -0.05) is 12.1 Å². The summed E-state index contributed by atoms with van der Waals surface area (Å²) in [6.07, 6.45) is 0.946. The molecule has 0 saturated heterocycles. The molecular weight excluding hydrogens is 398 g/mol. The summed E-state index contributed by atoms with van der Waals surface area (Å²) in [4.78, 5) is 34.3. The van der Waals surface area contributed by atoms with Crippen molar-refractivity contribution in [2.75, 3.05) is 27.9 Å². The number of carbonyl (C=O) groups is 1. The zero-order chi connectivity index (χ0) is 22.0. The summed E-state index contributed by atoms with van der Waals surface area (Å²) in [5, 5.41) is 0.554. The summed E-state index contributed by atoms with van der Waals surface area (Å²) in [5.41, 5.74) is 2.56. The van der Waals surface area contributed by atoms with Crippen LogP contribution in [0.3, 0.4) is 0 Å². The van der Waals surface area contributed by atoms with Gasteiger partial charge in [-0.15, -0.1) is 0 Å². The van der Waals surface area contributed by atoms with E-state index in [9.17, 15) is 9.59 Å². The maximum atomic E-state index is 12.5. The van der Waals surface area contributed by atoms with Crippen LogP contribution in [0.5, 0.6) is 11.5 Å². The molecule has 0 aliphatic carbocycles. The van der Waals surface area contributed by atoms with E-state index in [2.05, 4.69) is 14.9 Å². The smallest absolute Gasteiger partial charge is 0.307 e. The number of para-hydroxylation sites is 1. The number of ether oxygens (including phenoxy) is 3. The molecule has 4 rings (SSSR count). The van der Waals surface area contributed by atoms with E-state index in [1.54, 1.807) is 20.3 Å². The van der Waals surface area contributed by atoms with E-state index >= 15 is 0 Å². The van der Waals surface area contributed by atoms with E-state index in [4.69, 9.17) is 14.2 Å². The highest BCUT2D eigenvalue weighted by molar-refractivity contribution is 5.77. The Kier molecular flexibility index (Phi) is 5.90. The van der Waals surface area contributed by atoms with Crippen LogP contribution in [-0.2, 0) is 22.5 Å². The average Bonchev–Trinajstić information content (AvgIpc) is 2.79. The van der Waals surface area contributed by atoms with Crippen LogP contribution in [0.4, 0.5) is 0 Å². The molecule has 162 valence electrons. The van der Waals surface area contributed by atoms with Crippen molar-refractivity contribution in [3.8, 4) is 11.5 Å². The molecule has 0 amide bonds. The van der Waals surface area contributed by atoms with Gasteiger partial charge >= 0.3 is 5.97 Å². The van der Waals surface area contributed by atoms with Crippen LogP contribution in [0.1, 0.15) is 29.4 Å². The number of methoxy groups -OCH3 is 3. The van der Waals surface area contributed by atoms with Crippen LogP contribution in [0.25, 0.3) is 10.9 Å². The predicted molar refractivity (Wildman–Crippen MR) is 115 cm³/mol. The van der Waals surface area contributed by atoms with Crippen molar-refractivity contribution in [1.82, 2.24) is 14.9 Å². The standard InChI is InChI=1S/C23H25N3O5/c1-29-19-10-14-8-9-26(18(12-22(27)31-3)16(14)11-20(19)30-2)13-21-24-17-7-5-4-6-15(17)23(28)25-21/h4-7,10-11,18H,8-9,12-13H2,1-3H3,(H,24,25,28)/t18-/m1/s1. The molecule has 0 spiro atoms. The number of rotatable bonds is 6. The van der Waals surface area contributed by atoms with Crippen molar-refractivity contribution in [2.24, 2.45) is 0 Å². The Morgan fingerprint density at radius 3 is 2.65 bits per heavy atom. The Labute approximate surface area is 179 Å². The molecule has 3 aromatic rings. The maximum Gasteiger partial charge on any atom is 0.307 e. The number of fused-ring (bicyclic) bond motifs is 2. The molecule has 0 radical (unpaired) electrons. The van der Waals surface area contributed by atoms with E-state index in [1.165, 1.54) is 7.11 Å². The van der Waals surface area contributed by atoms with Crippen LogP contribution in [-0.4, -0.2) is 48.7 Å². The summed E-state index contributed by atoms with van der Waals surface area (Å²) >= 11 is 0. The van der Waals surface area contributed by atoms with E-state index < -0.39 is 0 Å². The van der Waals surface area contributed by atoms with Crippen LogP contribution in [0.2, 0.25) is 0 Å². The molecule has 2 heterocycles. The number of carbonyl (C=O) groups excluding carboxylic acids is 1. The van der Waals surface area contributed by atoms with Crippen molar-refractivity contribution in [3.05, 3.63) is 63.7 Å². The summed E-state index contributed by atoms with van der Waals surface area (Å²) in [6, 6.07) is 10.9. The summed E-state index contributed by atoms with van der Waals surface area (Å²) in [5.74, 6) is 1.52. The lowest BCUT2D eigenvalue weighted by Gasteiger charge is -2.37. The third-order valence-electron chi connectivity index (χ3n) is 5.72. The monoisotopic (exact) mass is 423 g/mol. The van der Waals surface area contributed by atoms with Crippen molar-refractivity contribution in [1.29, 1.82) is 0 Å². The molecule has 31 heavy (non-hydrogen) atoms. The summed E-state index contributed by atoms with van der Waals surface area (Å²) in [6.45, 7) is 1.09. The van der Waals surface area contributed by atoms with Gasteiger partial charge in [-0.2, -0.15) is 0 Å². The topological polar surface area (TPSA) is 93.8 Å². The van der Waals surface area contributed by atoms with Gasteiger partial charge in [0.2, 0.25) is 0 Å². The minimum absolute atomic E-state index is 0.172. The molecule has 1 aliphatic heterocycles. The lowest BCUT2D eigenvalue weighted by Crippen LogP contribution is -2.37. The number of aromatic amines is 1. The Hall–Kier alpha value is -3.39. The van der Waals surface area contributed by atoms with Gasteiger partial charge in [0.25, 0.3) is 5.56 Å². The number of nitrogens with one attached hydrogen (secondary N) is 1. The maximum absolute atomic E-state index is 12.5. The molecule has 0 bridgehead atoms. The van der Waals surface area contributed by atoms with E-state index in [0.717, 1.165) is 17.5 Å². The van der Waals surface area contributed by atoms with E-state index in [-0.39, 0.29) is 24.0 Å². The number of H-pyrrole nitrogens is 1. The zero-order valence-electron chi connectivity index (χ0n) is 17.8. The van der Waals surface area contributed by atoms with Crippen LogP contribution >= 0.6 is 0 Å². The van der Waals surface area contributed by atoms with Crippen molar-refractivity contribution >= 4 is 16.9 Å². The van der Waals surface area contributed by atoms with Crippen LogP contribution in [0, 0.1) is 0 Å². The molecule has 0 saturated carbocycles. The molecular formula is C23H25N3O5. The molecule has 8 nitrogen and oxygen atoms in total. The fourth-order valence-electron chi connectivity index (χ4n) is 4.15. The van der Waals surface area contributed by atoms with Crippen molar-refractivity contribution in [2.45, 2.75) is 25.4 Å². The second kappa shape index (κ2) is 8.77. The van der Waals surface area contributed by atoms with Gasteiger partial charge in [0, 0.05) is 12.6 Å². The minimum Gasteiger partial charge on any atom is -0.493 e. The molecule has 0 unspecified atom stereocenters. The Balaban J connectivity index is 1.72. The molecule has 1 aromatic heterocycles. The third-order valence-corrected chi connectivity index (χ3v) is 5.72.